The van der Waals surface area contributed by atoms with Crippen LogP contribution in [0, 0.1) is 11.8 Å². The van der Waals surface area contributed by atoms with Gasteiger partial charge in [0.2, 0.25) is 0 Å². The first-order valence-electron chi connectivity index (χ1n) is 4.60. The van der Waals surface area contributed by atoms with Crippen molar-refractivity contribution in [3.05, 3.63) is 0 Å². The van der Waals surface area contributed by atoms with Crippen molar-refractivity contribution >= 4 is 12.2 Å². The number of rotatable bonds is 4. The molecule has 0 aliphatic carbocycles. The van der Waals surface area contributed by atoms with Gasteiger partial charge in [-0.25, -0.2) is 4.79 Å². The van der Waals surface area contributed by atoms with E-state index in [-0.39, 0.29) is 17.9 Å². The van der Waals surface area contributed by atoms with Gasteiger partial charge in [-0.1, -0.05) is 27.7 Å². The van der Waals surface area contributed by atoms with E-state index in [1.807, 2.05) is 27.7 Å². The Kier molecular flexibility index (Phi) is 5.35. The molecule has 0 saturated heterocycles. The van der Waals surface area contributed by atoms with Crippen LogP contribution < -0.4 is 0 Å². The van der Waals surface area contributed by atoms with Gasteiger partial charge in [0.25, 0.3) is 0 Å². The van der Waals surface area contributed by atoms with Gasteiger partial charge >= 0.3 is 5.97 Å². The lowest BCUT2D eigenvalue weighted by Gasteiger charge is -2.13. The summed E-state index contributed by atoms with van der Waals surface area (Å²) in [5, 5.41) is 0. The van der Waals surface area contributed by atoms with Crippen molar-refractivity contribution in [2.75, 3.05) is 7.11 Å². The van der Waals surface area contributed by atoms with Gasteiger partial charge in [-0.2, -0.15) is 0 Å². The molecule has 0 rings (SSSR count). The molecule has 0 bridgehead atoms. The molecule has 0 aliphatic rings. The summed E-state index contributed by atoms with van der Waals surface area (Å²) in [7, 11) is 1.39. The van der Waals surface area contributed by atoms with E-state index in [0.29, 0.717) is 5.92 Å². The van der Waals surface area contributed by atoms with E-state index in [2.05, 4.69) is 9.73 Å². The second-order valence-electron chi connectivity index (χ2n) is 3.75. The predicted octanol–water partition coefficient (Wildman–Crippen LogP) is 1.91. The van der Waals surface area contributed by atoms with E-state index in [1.54, 1.807) is 6.21 Å². The van der Waals surface area contributed by atoms with E-state index in [0.717, 1.165) is 0 Å². The summed E-state index contributed by atoms with van der Waals surface area (Å²) in [6, 6.07) is -0.354. The molecule has 0 fully saturated rings. The first kappa shape index (κ1) is 12.1. The van der Waals surface area contributed by atoms with Crippen LogP contribution in [-0.4, -0.2) is 25.3 Å². The third kappa shape index (κ3) is 4.65. The van der Waals surface area contributed by atoms with Gasteiger partial charge in [0.1, 0.15) is 6.04 Å². The van der Waals surface area contributed by atoms with Crippen molar-refractivity contribution in [3.63, 3.8) is 0 Å². The number of carbonyl (C=O) groups is 1. The quantitative estimate of drug-likeness (QED) is 0.495. The maximum atomic E-state index is 11.2. The van der Waals surface area contributed by atoms with Crippen LogP contribution in [0.3, 0.4) is 0 Å². The van der Waals surface area contributed by atoms with Crippen molar-refractivity contribution in [1.29, 1.82) is 0 Å². The lowest BCUT2D eigenvalue weighted by atomic mass is 10.1. The third-order valence-electron chi connectivity index (χ3n) is 1.62. The van der Waals surface area contributed by atoms with Gasteiger partial charge in [0.05, 0.1) is 7.11 Å². The molecule has 1 unspecified atom stereocenters. The molecule has 0 heterocycles. The van der Waals surface area contributed by atoms with E-state index in [4.69, 9.17) is 0 Å². The molecule has 0 aromatic heterocycles. The topological polar surface area (TPSA) is 38.7 Å². The number of ether oxygens (including phenoxy) is 1. The van der Waals surface area contributed by atoms with Gasteiger partial charge in [0.15, 0.2) is 0 Å². The third-order valence-corrected chi connectivity index (χ3v) is 1.62. The molecular weight excluding hydrogens is 166 g/mol. The summed E-state index contributed by atoms with van der Waals surface area (Å²) >= 11 is 0. The lowest BCUT2D eigenvalue weighted by molar-refractivity contribution is -0.143. The number of esters is 1. The highest BCUT2D eigenvalue weighted by Crippen LogP contribution is 2.08. The molecule has 76 valence electrons. The van der Waals surface area contributed by atoms with Crippen molar-refractivity contribution < 1.29 is 9.53 Å². The van der Waals surface area contributed by atoms with E-state index < -0.39 is 0 Å². The Hall–Kier alpha value is -0.860. The van der Waals surface area contributed by atoms with Crippen molar-refractivity contribution in [2.45, 2.75) is 33.7 Å². The summed E-state index contributed by atoms with van der Waals surface area (Å²) < 4.78 is 4.65. The Balaban J connectivity index is 4.35. The Bertz CT molecular complexity index is 185. The zero-order valence-electron chi connectivity index (χ0n) is 9.07. The molecule has 0 spiro atoms. The van der Waals surface area contributed by atoms with E-state index in [9.17, 15) is 4.79 Å². The van der Waals surface area contributed by atoms with Crippen LogP contribution in [-0.2, 0) is 9.53 Å². The largest absolute Gasteiger partial charge is 0.467 e. The minimum Gasteiger partial charge on any atom is -0.467 e. The highest BCUT2D eigenvalue weighted by Gasteiger charge is 2.20. The standard InChI is InChI=1S/C10H19NO2/c1-7(2)6-11-9(8(3)4)10(12)13-5/h6-9H,1-5H3. The fourth-order valence-electron chi connectivity index (χ4n) is 0.891. The predicted molar refractivity (Wildman–Crippen MR) is 54.0 cm³/mol. The molecule has 1 atom stereocenters. The number of hydrogen-bond donors (Lipinski definition) is 0. The average molecular weight is 185 g/mol. The SMILES string of the molecule is COC(=O)C(N=CC(C)C)C(C)C. The zero-order valence-corrected chi connectivity index (χ0v) is 9.07. The molecule has 0 amide bonds. The second kappa shape index (κ2) is 5.73. The van der Waals surface area contributed by atoms with Crippen LogP contribution in [0.4, 0.5) is 0 Å². The number of methoxy groups -OCH3 is 1. The van der Waals surface area contributed by atoms with Crippen LogP contribution >= 0.6 is 0 Å². The van der Waals surface area contributed by atoms with Gasteiger partial charge in [-0.3, -0.25) is 4.99 Å². The van der Waals surface area contributed by atoms with Crippen LogP contribution in [0.25, 0.3) is 0 Å². The molecule has 3 heteroatoms. The zero-order chi connectivity index (χ0) is 10.4. The summed E-state index contributed by atoms with van der Waals surface area (Å²) in [5.41, 5.74) is 0. The number of aliphatic imine (C=N–C) groups is 1. The van der Waals surface area contributed by atoms with Gasteiger partial charge in [-0.05, 0) is 11.8 Å². The number of hydrogen-bond acceptors (Lipinski definition) is 3. The van der Waals surface area contributed by atoms with Crippen molar-refractivity contribution in [1.82, 2.24) is 0 Å². The smallest absolute Gasteiger partial charge is 0.330 e. The maximum Gasteiger partial charge on any atom is 0.330 e. The summed E-state index contributed by atoms with van der Waals surface area (Å²) in [6.45, 7) is 7.97. The molecule has 3 nitrogen and oxygen atoms in total. The van der Waals surface area contributed by atoms with Crippen LogP contribution in [0.2, 0.25) is 0 Å². The summed E-state index contributed by atoms with van der Waals surface area (Å²) in [4.78, 5) is 15.4. The number of carbonyl (C=O) groups excluding carboxylic acids is 1. The Morgan fingerprint density at radius 1 is 1.31 bits per heavy atom. The fourth-order valence-corrected chi connectivity index (χ4v) is 0.891. The molecule has 0 saturated carbocycles. The molecule has 0 N–H and O–H groups in total. The minimum atomic E-state index is -0.354. The Morgan fingerprint density at radius 2 is 1.85 bits per heavy atom. The highest BCUT2D eigenvalue weighted by atomic mass is 16.5. The number of nitrogens with zero attached hydrogens (tertiary/aromatic N) is 1. The average Bonchev–Trinajstić information content (AvgIpc) is 2.03. The van der Waals surface area contributed by atoms with Crippen LogP contribution in [0.1, 0.15) is 27.7 Å². The molecule has 0 aromatic carbocycles. The monoisotopic (exact) mass is 185 g/mol. The van der Waals surface area contributed by atoms with E-state index in [1.165, 1.54) is 7.11 Å². The fraction of sp³-hybridized carbons (Fsp3) is 0.800. The molecule has 0 radical (unpaired) electrons. The molecule has 0 aromatic rings. The minimum absolute atomic E-state index is 0.183. The summed E-state index contributed by atoms with van der Waals surface area (Å²) in [5.74, 6) is 0.292. The van der Waals surface area contributed by atoms with E-state index >= 15 is 0 Å². The maximum absolute atomic E-state index is 11.2. The lowest BCUT2D eigenvalue weighted by Crippen LogP contribution is -2.26. The van der Waals surface area contributed by atoms with Gasteiger partial charge in [-0.15, -0.1) is 0 Å². The first-order valence-corrected chi connectivity index (χ1v) is 4.60. The molecule has 13 heavy (non-hydrogen) atoms. The summed E-state index contributed by atoms with van der Waals surface area (Å²) in [6.07, 6.45) is 1.79. The molecular formula is C10H19NO2. The van der Waals surface area contributed by atoms with Crippen LogP contribution in [0.5, 0.6) is 0 Å². The highest BCUT2D eigenvalue weighted by molar-refractivity contribution is 5.78. The second-order valence-corrected chi connectivity index (χ2v) is 3.75. The first-order chi connectivity index (χ1) is 5.99. The Morgan fingerprint density at radius 3 is 2.15 bits per heavy atom. The van der Waals surface area contributed by atoms with Crippen molar-refractivity contribution in [3.8, 4) is 0 Å². The van der Waals surface area contributed by atoms with Gasteiger partial charge < -0.3 is 4.74 Å². The van der Waals surface area contributed by atoms with Crippen molar-refractivity contribution in [2.24, 2.45) is 16.8 Å². The van der Waals surface area contributed by atoms with Gasteiger partial charge in [0, 0.05) is 6.21 Å². The Labute approximate surface area is 80.2 Å². The molecule has 0 aliphatic heterocycles. The normalized spacial score (nSPS) is 14.1. The van der Waals surface area contributed by atoms with Crippen LogP contribution in [0.15, 0.2) is 4.99 Å².